The number of rotatable bonds is 6. The first kappa shape index (κ1) is 19.3. The molecule has 1 aliphatic rings. The molecule has 0 radical (unpaired) electrons. The van der Waals surface area contributed by atoms with E-state index in [1.165, 1.54) is 12.1 Å². The number of hydrogen-bond acceptors (Lipinski definition) is 6. The minimum Gasteiger partial charge on any atom is -0.481 e. The van der Waals surface area contributed by atoms with Crippen molar-refractivity contribution in [2.24, 2.45) is 0 Å². The van der Waals surface area contributed by atoms with Gasteiger partial charge in [0.1, 0.15) is 12.4 Å². The van der Waals surface area contributed by atoms with E-state index in [1.54, 1.807) is 26.0 Å². The monoisotopic (exact) mass is 366 g/mol. The fraction of sp³-hybridized carbons (Fsp3) is 0.500. The van der Waals surface area contributed by atoms with Crippen LogP contribution in [0.15, 0.2) is 29.2 Å². The highest BCUT2D eigenvalue weighted by Gasteiger charge is 2.37. The summed E-state index contributed by atoms with van der Waals surface area (Å²) < 4.78 is 41.3. The molecule has 0 aliphatic carbocycles. The number of carbonyl (C=O) groups is 1. The topological polar surface area (TPSA) is 78.9 Å². The minimum atomic E-state index is -3.56. The zero-order valence-electron chi connectivity index (χ0n) is 14.4. The van der Waals surface area contributed by atoms with Crippen LogP contribution in [-0.2, 0) is 24.1 Å². The summed E-state index contributed by atoms with van der Waals surface area (Å²) in [7, 11) is -3.56. The zero-order valence-corrected chi connectivity index (χ0v) is 15.2. The molecule has 1 fully saturated rings. The fourth-order valence-electron chi connectivity index (χ4n) is 2.56. The molecule has 7 heteroatoms. The van der Waals surface area contributed by atoms with Gasteiger partial charge in [0.15, 0.2) is 15.9 Å². The van der Waals surface area contributed by atoms with Crippen LogP contribution in [-0.4, -0.2) is 45.6 Å². The molecule has 2 atom stereocenters. The first-order valence-electron chi connectivity index (χ1n) is 8.13. The van der Waals surface area contributed by atoms with Crippen molar-refractivity contribution in [2.75, 3.05) is 19.8 Å². The van der Waals surface area contributed by atoms with Gasteiger partial charge >= 0.3 is 5.97 Å². The predicted molar refractivity (Wildman–Crippen MR) is 92.0 cm³/mol. The average molecular weight is 366 g/mol. The third-order valence-corrected chi connectivity index (χ3v) is 6.10. The molecule has 2 rings (SSSR count). The fourth-order valence-corrected chi connectivity index (χ4v) is 4.29. The Bertz CT molecular complexity index is 742. The number of hydrogen-bond donors (Lipinski definition) is 0. The lowest BCUT2D eigenvalue weighted by Crippen LogP contribution is -2.39. The molecule has 1 heterocycles. The lowest BCUT2D eigenvalue weighted by Gasteiger charge is -2.28. The predicted octanol–water partition coefficient (Wildman–Crippen LogP) is 1.97. The highest BCUT2D eigenvalue weighted by molar-refractivity contribution is 7.92. The molecule has 1 aliphatic heterocycles. The molecule has 0 N–H and O–H groups in total. The highest BCUT2D eigenvalue weighted by Crippen LogP contribution is 2.28. The molecule has 1 aromatic rings. The SMILES string of the molecule is CC#CCOc1ccc(S(=O)(=O)C2CCOC(C(=O)OCC)C2)cc1. The van der Waals surface area contributed by atoms with Gasteiger partial charge in [-0.1, -0.05) is 5.92 Å². The van der Waals surface area contributed by atoms with Gasteiger partial charge in [0.2, 0.25) is 0 Å². The van der Waals surface area contributed by atoms with Gasteiger partial charge in [-0.25, -0.2) is 13.2 Å². The van der Waals surface area contributed by atoms with Crippen LogP contribution >= 0.6 is 0 Å². The molecule has 6 nitrogen and oxygen atoms in total. The van der Waals surface area contributed by atoms with Crippen LogP contribution in [0.5, 0.6) is 5.75 Å². The smallest absolute Gasteiger partial charge is 0.335 e. The number of esters is 1. The average Bonchev–Trinajstić information content (AvgIpc) is 2.63. The largest absolute Gasteiger partial charge is 0.481 e. The van der Waals surface area contributed by atoms with E-state index in [1.807, 2.05) is 0 Å². The van der Waals surface area contributed by atoms with Crippen molar-refractivity contribution in [1.82, 2.24) is 0 Å². The Balaban J connectivity index is 2.08. The Morgan fingerprint density at radius 1 is 1.32 bits per heavy atom. The van der Waals surface area contributed by atoms with E-state index in [0.29, 0.717) is 12.2 Å². The molecule has 0 spiro atoms. The van der Waals surface area contributed by atoms with Crippen molar-refractivity contribution in [1.29, 1.82) is 0 Å². The Kier molecular flexibility index (Phi) is 6.85. The maximum Gasteiger partial charge on any atom is 0.335 e. The number of benzene rings is 1. The molecule has 1 aromatic carbocycles. The third kappa shape index (κ3) is 4.97. The van der Waals surface area contributed by atoms with Gasteiger partial charge in [0, 0.05) is 13.0 Å². The van der Waals surface area contributed by atoms with Crippen LogP contribution in [0.1, 0.15) is 26.7 Å². The van der Waals surface area contributed by atoms with Crippen molar-refractivity contribution in [2.45, 2.75) is 42.9 Å². The Labute approximate surface area is 148 Å². The summed E-state index contributed by atoms with van der Waals surface area (Å²) in [5.74, 6) is 5.53. The van der Waals surface area contributed by atoms with Gasteiger partial charge in [-0.15, -0.1) is 5.92 Å². The van der Waals surface area contributed by atoms with E-state index in [4.69, 9.17) is 14.2 Å². The standard InChI is InChI=1S/C18H22O6S/c1-3-5-11-23-14-6-8-15(9-7-14)25(20,21)16-10-12-24-17(13-16)18(19)22-4-2/h6-9,16-17H,4,10-13H2,1-2H3. The van der Waals surface area contributed by atoms with Gasteiger partial charge in [-0.2, -0.15) is 0 Å². The molecule has 0 aromatic heterocycles. The molecule has 1 saturated heterocycles. The summed E-state index contributed by atoms with van der Waals surface area (Å²) in [5, 5.41) is -0.673. The van der Waals surface area contributed by atoms with E-state index >= 15 is 0 Å². The van der Waals surface area contributed by atoms with Crippen LogP contribution in [0.3, 0.4) is 0 Å². The maximum absolute atomic E-state index is 12.8. The first-order chi connectivity index (χ1) is 12.0. The van der Waals surface area contributed by atoms with Crippen LogP contribution in [0, 0.1) is 11.8 Å². The third-order valence-electron chi connectivity index (χ3n) is 3.86. The number of carbonyl (C=O) groups excluding carboxylic acids is 1. The van der Waals surface area contributed by atoms with Crippen LogP contribution in [0.25, 0.3) is 0 Å². The second-order valence-electron chi connectivity index (χ2n) is 5.49. The van der Waals surface area contributed by atoms with Crippen molar-refractivity contribution >= 4 is 15.8 Å². The van der Waals surface area contributed by atoms with Crippen molar-refractivity contribution in [3.8, 4) is 17.6 Å². The maximum atomic E-state index is 12.8. The van der Waals surface area contributed by atoms with Crippen molar-refractivity contribution < 1.29 is 27.4 Å². The summed E-state index contributed by atoms with van der Waals surface area (Å²) >= 11 is 0. The van der Waals surface area contributed by atoms with Crippen LogP contribution < -0.4 is 4.74 Å². The number of ether oxygens (including phenoxy) is 3. The van der Waals surface area contributed by atoms with E-state index in [2.05, 4.69) is 11.8 Å². The van der Waals surface area contributed by atoms with E-state index in [-0.39, 0.29) is 31.1 Å². The normalized spacial score (nSPS) is 20.2. The van der Waals surface area contributed by atoms with E-state index in [0.717, 1.165) is 0 Å². The molecular weight excluding hydrogens is 344 g/mol. The minimum absolute atomic E-state index is 0.103. The molecule has 0 bridgehead atoms. The lowest BCUT2D eigenvalue weighted by atomic mass is 10.1. The summed E-state index contributed by atoms with van der Waals surface area (Å²) in [5.41, 5.74) is 0. The van der Waals surface area contributed by atoms with E-state index in [9.17, 15) is 13.2 Å². The van der Waals surface area contributed by atoms with E-state index < -0.39 is 27.2 Å². The van der Waals surface area contributed by atoms with Gasteiger partial charge in [-0.05, 0) is 44.5 Å². The van der Waals surface area contributed by atoms with Crippen LogP contribution in [0.2, 0.25) is 0 Å². The Hall–Kier alpha value is -2.04. The molecule has 25 heavy (non-hydrogen) atoms. The Morgan fingerprint density at radius 2 is 2.04 bits per heavy atom. The molecule has 0 saturated carbocycles. The van der Waals surface area contributed by atoms with Crippen molar-refractivity contribution in [3.05, 3.63) is 24.3 Å². The molecule has 0 amide bonds. The summed E-state index contributed by atoms with van der Waals surface area (Å²) in [4.78, 5) is 12.0. The van der Waals surface area contributed by atoms with Crippen molar-refractivity contribution in [3.63, 3.8) is 0 Å². The van der Waals surface area contributed by atoms with Gasteiger partial charge in [0.25, 0.3) is 0 Å². The zero-order chi connectivity index (χ0) is 18.3. The summed E-state index contributed by atoms with van der Waals surface area (Å²) in [6, 6.07) is 6.23. The second kappa shape index (κ2) is 8.88. The van der Waals surface area contributed by atoms with Crippen LogP contribution in [0.4, 0.5) is 0 Å². The summed E-state index contributed by atoms with van der Waals surface area (Å²) in [6.07, 6.45) is -0.377. The molecule has 136 valence electrons. The lowest BCUT2D eigenvalue weighted by molar-refractivity contribution is -0.159. The number of sulfone groups is 1. The second-order valence-corrected chi connectivity index (χ2v) is 7.72. The Morgan fingerprint density at radius 3 is 2.68 bits per heavy atom. The summed E-state index contributed by atoms with van der Waals surface area (Å²) in [6.45, 7) is 4.12. The van der Waals surface area contributed by atoms with Gasteiger partial charge in [-0.3, -0.25) is 0 Å². The molecule has 2 unspecified atom stereocenters. The van der Waals surface area contributed by atoms with Gasteiger partial charge in [0.05, 0.1) is 16.8 Å². The quantitative estimate of drug-likeness (QED) is 0.566. The van der Waals surface area contributed by atoms with Gasteiger partial charge < -0.3 is 14.2 Å². The first-order valence-corrected chi connectivity index (χ1v) is 9.68. The highest BCUT2D eigenvalue weighted by atomic mass is 32.2. The molecular formula is C18H22O6S.